The molecule has 212 valence electrons. The van der Waals surface area contributed by atoms with Gasteiger partial charge in [-0.1, -0.05) is 12.1 Å². The number of carbonyl (C=O) groups excluding carboxylic acids is 2. The van der Waals surface area contributed by atoms with Crippen LogP contribution in [0.2, 0.25) is 0 Å². The SMILES string of the molecule is O=C(CNC(=O)c1cccc(C(F)(F)F)c1)NC1CN([C@H]2CC[C@@H](c3ccc(=O)n(CC(F)(F)F)c3)CC2)C1. The van der Waals surface area contributed by atoms with Crippen LogP contribution in [0.25, 0.3) is 0 Å². The van der Waals surface area contributed by atoms with E-state index in [-0.39, 0.29) is 30.1 Å². The predicted molar refractivity (Wildman–Crippen MR) is 129 cm³/mol. The third kappa shape index (κ3) is 7.61. The van der Waals surface area contributed by atoms with Crippen molar-refractivity contribution < 1.29 is 35.9 Å². The molecule has 0 radical (unpaired) electrons. The van der Waals surface area contributed by atoms with E-state index < -0.39 is 41.8 Å². The Morgan fingerprint density at radius 3 is 2.28 bits per heavy atom. The van der Waals surface area contributed by atoms with Crippen molar-refractivity contribution in [2.75, 3.05) is 19.6 Å². The average Bonchev–Trinajstić information content (AvgIpc) is 2.85. The van der Waals surface area contributed by atoms with Gasteiger partial charge in [0.25, 0.3) is 11.5 Å². The molecule has 13 heteroatoms. The lowest BCUT2D eigenvalue weighted by Crippen LogP contribution is -2.63. The van der Waals surface area contributed by atoms with Crippen LogP contribution in [-0.4, -0.2) is 59.2 Å². The number of nitrogens with zero attached hydrogens (tertiary/aromatic N) is 2. The maximum Gasteiger partial charge on any atom is 0.416 e. The number of carbonyl (C=O) groups is 2. The van der Waals surface area contributed by atoms with Crippen LogP contribution in [0.15, 0.2) is 47.4 Å². The molecule has 0 unspecified atom stereocenters. The number of aromatic nitrogens is 1. The molecular formula is C26H28F6N4O3. The third-order valence-electron chi connectivity index (χ3n) is 7.18. The summed E-state index contributed by atoms with van der Waals surface area (Å²) in [5.41, 5.74) is -1.11. The summed E-state index contributed by atoms with van der Waals surface area (Å²) in [6.07, 6.45) is -4.55. The Morgan fingerprint density at radius 2 is 1.64 bits per heavy atom. The Kier molecular flexibility index (Phi) is 8.38. The highest BCUT2D eigenvalue weighted by Crippen LogP contribution is 2.36. The molecule has 1 aliphatic heterocycles. The number of halogens is 6. The van der Waals surface area contributed by atoms with Gasteiger partial charge in [-0.15, -0.1) is 0 Å². The minimum atomic E-state index is -4.58. The molecule has 39 heavy (non-hydrogen) atoms. The van der Waals surface area contributed by atoms with Crippen molar-refractivity contribution in [3.05, 3.63) is 69.6 Å². The van der Waals surface area contributed by atoms with Crippen molar-refractivity contribution in [1.29, 1.82) is 0 Å². The van der Waals surface area contributed by atoms with Crippen LogP contribution >= 0.6 is 0 Å². The Morgan fingerprint density at radius 1 is 0.949 bits per heavy atom. The second-order valence-corrected chi connectivity index (χ2v) is 10.0. The molecule has 0 bridgehead atoms. The van der Waals surface area contributed by atoms with E-state index in [0.29, 0.717) is 17.7 Å². The Hall–Kier alpha value is -3.35. The van der Waals surface area contributed by atoms with Gasteiger partial charge in [-0.2, -0.15) is 26.3 Å². The smallest absolute Gasteiger partial charge is 0.349 e. The summed E-state index contributed by atoms with van der Waals surface area (Å²) in [6, 6.07) is 6.88. The van der Waals surface area contributed by atoms with Gasteiger partial charge in [0, 0.05) is 37.0 Å². The van der Waals surface area contributed by atoms with Gasteiger partial charge in [0.05, 0.1) is 18.2 Å². The quantitative estimate of drug-likeness (QED) is 0.508. The zero-order chi connectivity index (χ0) is 28.4. The van der Waals surface area contributed by atoms with Crippen molar-refractivity contribution in [1.82, 2.24) is 20.1 Å². The van der Waals surface area contributed by atoms with Crippen molar-refractivity contribution in [2.24, 2.45) is 0 Å². The minimum Gasteiger partial charge on any atom is -0.349 e. The van der Waals surface area contributed by atoms with Gasteiger partial charge in [0.1, 0.15) is 6.54 Å². The highest BCUT2D eigenvalue weighted by molar-refractivity contribution is 5.96. The topological polar surface area (TPSA) is 83.4 Å². The van der Waals surface area contributed by atoms with Gasteiger partial charge in [0.15, 0.2) is 0 Å². The fourth-order valence-electron chi connectivity index (χ4n) is 5.16. The number of alkyl halides is 6. The Balaban J connectivity index is 1.18. The number of rotatable bonds is 7. The largest absolute Gasteiger partial charge is 0.416 e. The molecule has 7 nitrogen and oxygen atoms in total. The lowest BCUT2D eigenvalue weighted by atomic mass is 9.81. The van der Waals surface area contributed by atoms with Gasteiger partial charge in [-0.3, -0.25) is 19.3 Å². The summed E-state index contributed by atoms with van der Waals surface area (Å²) in [6.45, 7) is -0.462. The number of pyridine rings is 1. The molecule has 1 saturated carbocycles. The average molecular weight is 559 g/mol. The van der Waals surface area contributed by atoms with E-state index in [4.69, 9.17) is 0 Å². The number of benzene rings is 1. The van der Waals surface area contributed by atoms with Gasteiger partial charge < -0.3 is 15.2 Å². The molecule has 0 atom stereocenters. The molecule has 1 aromatic heterocycles. The summed E-state index contributed by atoms with van der Waals surface area (Å²) in [5, 5.41) is 5.12. The summed E-state index contributed by atoms with van der Waals surface area (Å²) < 4.78 is 77.4. The minimum absolute atomic E-state index is 0.0681. The highest BCUT2D eigenvalue weighted by atomic mass is 19.4. The lowest BCUT2D eigenvalue weighted by Gasteiger charge is -2.46. The fourth-order valence-corrected chi connectivity index (χ4v) is 5.16. The first-order chi connectivity index (χ1) is 18.3. The van der Waals surface area contributed by atoms with Crippen molar-refractivity contribution >= 4 is 11.8 Å². The molecule has 2 fully saturated rings. The fraction of sp³-hybridized carbons (Fsp3) is 0.500. The van der Waals surface area contributed by atoms with Crippen LogP contribution in [0.3, 0.4) is 0 Å². The molecular weight excluding hydrogens is 530 g/mol. The van der Waals surface area contributed by atoms with Crippen molar-refractivity contribution in [3.8, 4) is 0 Å². The summed E-state index contributed by atoms with van der Waals surface area (Å²) in [5.74, 6) is -1.16. The van der Waals surface area contributed by atoms with Crippen LogP contribution in [0.4, 0.5) is 26.3 Å². The van der Waals surface area contributed by atoms with Gasteiger partial charge >= 0.3 is 12.4 Å². The molecule has 2 amide bonds. The van der Waals surface area contributed by atoms with Crippen molar-refractivity contribution in [2.45, 2.75) is 62.6 Å². The maximum absolute atomic E-state index is 12.8. The normalized spacial score (nSPS) is 20.8. The van der Waals surface area contributed by atoms with Gasteiger partial charge in [0.2, 0.25) is 5.91 Å². The van der Waals surface area contributed by atoms with E-state index in [1.807, 2.05) is 0 Å². The number of amides is 2. The van der Waals surface area contributed by atoms with E-state index in [1.54, 1.807) is 6.07 Å². The third-order valence-corrected chi connectivity index (χ3v) is 7.18. The number of nitrogens with one attached hydrogen (secondary N) is 2. The first-order valence-electron chi connectivity index (χ1n) is 12.5. The van der Waals surface area contributed by atoms with Crippen LogP contribution in [0.5, 0.6) is 0 Å². The van der Waals surface area contributed by atoms with E-state index in [2.05, 4.69) is 15.5 Å². The lowest BCUT2D eigenvalue weighted by molar-refractivity contribution is -0.141. The molecule has 2 aromatic rings. The van der Waals surface area contributed by atoms with Crippen LogP contribution in [0.1, 0.15) is 53.1 Å². The molecule has 1 saturated heterocycles. The summed E-state index contributed by atoms with van der Waals surface area (Å²) >= 11 is 0. The van der Waals surface area contributed by atoms with E-state index in [1.165, 1.54) is 18.3 Å². The summed E-state index contributed by atoms with van der Waals surface area (Å²) in [7, 11) is 0. The molecule has 2 heterocycles. The predicted octanol–water partition coefficient (Wildman–Crippen LogP) is 3.69. The first kappa shape index (κ1) is 28.7. The van der Waals surface area contributed by atoms with Gasteiger partial charge in [-0.25, -0.2) is 0 Å². The number of hydrogen-bond acceptors (Lipinski definition) is 4. The van der Waals surface area contributed by atoms with Crippen molar-refractivity contribution in [3.63, 3.8) is 0 Å². The second kappa shape index (κ2) is 11.4. The Bertz CT molecular complexity index is 1250. The molecule has 4 rings (SSSR count). The van der Waals surface area contributed by atoms with E-state index in [9.17, 15) is 40.7 Å². The summed E-state index contributed by atoms with van der Waals surface area (Å²) in [4.78, 5) is 38.4. The molecule has 2 aliphatic rings. The zero-order valence-electron chi connectivity index (χ0n) is 20.8. The highest BCUT2D eigenvalue weighted by Gasteiger charge is 2.36. The van der Waals surface area contributed by atoms with Crippen LogP contribution < -0.4 is 16.2 Å². The standard InChI is InChI=1S/C26H28F6N4O3/c27-25(28,29)15-36-12-18(6-9-23(36)38)16-4-7-21(8-5-16)35-13-20(14-35)34-22(37)11-33-24(39)17-2-1-3-19(10-17)26(30,31)32/h1-3,6,9-10,12,16,20-21H,4-5,7-8,11,13-15H2,(H,33,39)(H,34,37)/t16-,21+. The molecule has 1 aromatic carbocycles. The van der Waals surface area contributed by atoms with Crippen LogP contribution in [-0.2, 0) is 17.5 Å². The number of hydrogen-bond donors (Lipinski definition) is 2. The van der Waals surface area contributed by atoms with Crippen LogP contribution in [0, 0.1) is 0 Å². The monoisotopic (exact) mass is 558 g/mol. The van der Waals surface area contributed by atoms with E-state index >= 15 is 0 Å². The van der Waals surface area contributed by atoms with E-state index in [0.717, 1.165) is 49.4 Å². The van der Waals surface area contributed by atoms with Gasteiger partial charge in [-0.05, 0) is 55.4 Å². The second-order valence-electron chi connectivity index (χ2n) is 10.0. The molecule has 2 N–H and O–H groups in total. The number of likely N-dealkylation sites (tertiary alicyclic amines) is 1. The first-order valence-corrected chi connectivity index (χ1v) is 12.5. The molecule has 0 spiro atoms. The zero-order valence-corrected chi connectivity index (χ0v) is 20.8. The maximum atomic E-state index is 12.8. The Labute approximate surface area is 220 Å². The molecule has 1 aliphatic carbocycles.